The predicted molar refractivity (Wildman–Crippen MR) is 56.8 cm³/mol. The fourth-order valence-corrected chi connectivity index (χ4v) is 1.79. The van der Waals surface area contributed by atoms with Crippen molar-refractivity contribution < 1.29 is 4.84 Å². The quantitative estimate of drug-likeness (QED) is 0.591. The zero-order valence-corrected chi connectivity index (χ0v) is 9.07. The van der Waals surface area contributed by atoms with Gasteiger partial charge in [0.25, 0.3) is 0 Å². The van der Waals surface area contributed by atoms with Crippen LogP contribution in [-0.4, -0.2) is 13.4 Å². The average Bonchev–Trinajstić information content (AvgIpc) is 2.15. The van der Waals surface area contributed by atoms with E-state index in [1.807, 2.05) is 0 Å². The summed E-state index contributed by atoms with van der Waals surface area (Å²) in [7, 11) is 1.63. The van der Waals surface area contributed by atoms with E-state index >= 15 is 0 Å². The molecule has 0 aliphatic heterocycles. The van der Waals surface area contributed by atoms with E-state index in [9.17, 15) is 0 Å². The molecule has 1 aromatic carbocycles. The molecule has 1 rings (SSSR count). The van der Waals surface area contributed by atoms with Gasteiger partial charge in [-0.1, -0.05) is 12.1 Å². The van der Waals surface area contributed by atoms with Gasteiger partial charge in [-0.2, -0.15) is 5.48 Å². The molecular weight excluding hydrogens is 182 g/mol. The van der Waals surface area contributed by atoms with Crippen molar-refractivity contribution in [2.75, 3.05) is 13.4 Å². The van der Waals surface area contributed by atoms with E-state index in [2.05, 4.69) is 36.9 Å². The second kappa shape index (κ2) is 5.27. The Kier molecular flexibility index (Phi) is 4.28. The molecule has 0 spiro atoms. The molecule has 1 N–H and O–H groups in total. The van der Waals surface area contributed by atoms with E-state index in [1.54, 1.807) is 18.9 Å². The maximum Gasteiger partial charge on any atom is 0.0572 e. The maximum absolute atomic E-state index is 4.79. The summed E-state index contributed by atoms with van der Waals surface area (Å²) in [6, 6.07) is 6.44. The van der Waals surface area contributed by atoms with Crippen molar-refractivity contribution >= 4 is 11.8 Å². The van der Waals surface area contributed by atoms with Gasteiger partial charge < -0.3 is 4.84 Å². The van der Waals surface area contributed by atoms with Crippen molar-refractivity contribution in [3.05, 3.63) is 29.3 Å². The molecule has 0 saturated carbocycles. The van der Waals surface area contributed by atoms with Gasteiger partial charge in [-0.25, -0.2) is 0 Å². The molecule has 0 heterocycles. The molecule has 0 bridgehead atoms. The maximum atomic E-state index is 4.79. The highest BCUT2D eigenvalue weighted by Crippen LogP contribution is 2.20. The highest BCUT2D eigenvalue weighted by Gasteiger charge is 1.98. The Morgan fingerprint density at radius 2 is 2.23 bits per heavy atom. The van der Waals surface area contributed by atoms with E-state index in [1.165, 1.54) is 16.0 Å². The summed E-state index contributed by atoms with van der Waals surface area (Å²) in [5, 5.41) is 0. The van der Waals surface area contributed by atoms with Gasteiger partial charge in [-0.3, -0.25) is 0 Å². The first-order valence-electron chi connectivity index (χ1n) is 4.17. The Morgan fingerprint density at radius 1 is 1.46 bits per heavy atom. The lowest BCUT2D eigenvalue weighted by molar-refractivity contribution is 0.0867. The fraction of sp³-hybridized carbons (Fsp3) is 0.400. The van der Waals surface area contributed by atoms with Crippen LogP contribution in [0.2, 0.25) is 0 Å². The van der Waals surface area contributed by atoms with Crippen LogP contribution in [0.25, 0.3) is 0 Å². The Bertz CT molecular complexity index is 276. The van der Waals surface area contributed by atoms with Crippen molar-refractivity contribution in [1.82, 2.24) is 5.48 Å². The lowest BCUT2D eigenvalue weighted by Crippen LogP contribution is -2.10. The van der Waals surface area contributed by atoms with Crippen molar-refractivity contribution in [2.24, 2.45) is 0 Å². The van der Waals surface area contributed by atoms with Crippen LogP contribution < -0.4 is 5.48 Å². The standard InChI is InChI=1S/C10H15NOS/c1-8-6-9(7-11-12-2)4-5-10(8)13-3/h4-6,11H,7H2,1-3H3. The molecule has 0 aromatic heterocycles. The normalized spacial score (nSPS) is 10.4. The Hall–Kier alpha value is -0.510. The van der Waals surface area contributed by atoms with Crippen LogP contribution in [0, 0.1) is 6.92 Å². The molecule has 13 heavy (non-hydrogen) atoms. The molecule has 2 nitrogen and oxygen atoms in total. The monoisotopic (exact) mass is 197 g/mol. The van der Waals surface area contributed by atoms with E-state index < -0.39 is 0 Å². The molecule has 0 unspecified atom stereocenters. The second-order valence-electron chi connectivity index (χ2n) is 2.83. The first-order valence-corrected chi connectivity index (χ1v) is 5.39. The van der Waals surface area contributed by atoms with Crippen molar-refractivity contribution in [3.8, 4) is 0 Å². The van der Waals surface area contributed by atoms with Gasteiger partial charge in [0, 0.05) is 11.4 Å². The lowest BCUT2D eigenvalue weighted by Gasteiger charge is -2.06. The summed E-state index contributed by atoms with van der Waals surface area (Å²) in [6.45, 7) is 2.88. The van der Waals surface area contributed by atoms with Gasteiger partial charge in [0.1, 0.15) is 0 Å². The van der Waals surface area contributed by atoms with E-state index in [4.69, 9.17) is 4.84 Å². The summed E-state index contributed by atoms with van der Waals surface area (Å²) in [5.74, 6) is 0. The fourth-order valence-electron chi connectivity index (χ4n) is 1.21. The molecule has 0 saturated heterocycles. The number of rotatable bonds is 4. The minimum absolute atomic E-state index is 0.756. The first kappa shape index (κ1) is 10.6. The molecule has 0 aliphatic carbocycles. The predicted octanol–water partition coefficient (Wildman–Crippen LogP) is 2.37. The molecule has 0 aliphatic rings. The average molecular weight is 197 g/mol. The number of hydrogen-bond acceptors (Lipinski definition) is 3. The van der Waals surface area contributed by atoms with Crippen LogP contribution >= 0.6 is 11.8 Å². The molecule has 0 fully saturated rings. The van der Waals surface area contributed by atoms with Gasteiger partial charge in [-0.15, -0.1) is 11.8 Å². The SMILES string of the molecule is CONCc1ccc(SC)c(C)c1. The van der Waals surface area contributed by atoms with Crippen LogP contribution in [-0.2, 0) is 11.4 Å². The summed E-state index contributed by atoms with van der Waals surface area (Å²) < 4.78 is 0. The van der Waals surface area contributed by atoms with Gasteiger partial charge in [0.15, 0.2) is 0 Å². The number of thioether (sulfide) groups is 1. The van der Waals surface area contributed by atoms with Gasteiger partial charge in [0.05, 0.1) is 7.11 Å². The van der Waals surface area contributed by atoms with E-state index in [-0.39, 0.29) is 0 Å². The molecular formula is C10H15NOS. The molecule has 1 aromatic rings. The third-order valence-corrected chi connectivity index (χ3v) is 2.78. The van der Waals surface area contributed by atoms with Crippen molar-refractivity contribution in [3.63, 3.8) is 0 Å². The van der Waals surface area contributed by atoms with Crippen LogP contribution in [0.5, 0.6) is 0 Å². The smallest absolute Gasteiger partial charge is 0.0572 e. The van der Waals surface area contributed by atoms with Crippen LogP contribution in [0.15, 0.2) is 23.1 Å². The molecule has 0 radical (unpaired) electrons. The zero-order valence-electron chi connectivity index (χ0n) is 8.26. The van der Waals surface area contributed by atoms with Crippen LogP contribution in [0.4, 0.5) is 0 Å². The highest BCUT2D eigenvalue weighted by molar-refractivity contribution is 7.98. The van der Waals surface area contributed by atoms with Gasteiger partial charge in [-0.05, 0) is 30.4 Å². The summed E-state index contributed by atoms with van der Waals surface area (Å²) in [5.41, 5.74) is 5.39. The highest BCUT2D eigenvalue weighted by atomic mass is 32.2. The number of hydrogen-bond donors (Lipinski definition) is 1. The van der Waals surface area contributed by atoms with E-state index in [0.717, 1.165) is 6.54 Å². The van der Waals surface area contributed by atoms with Gasteiger partial charge >= 0.3 is 0 Å². The zero-order chi connectivity index (χ0) is 9.68. The molecule has 72 valence electrons. The van der Waals surface area contributed by atoms with Crippen molar-refractivity contribution in [1.29, 1.82) is 0 Å². The lowest BCUT2D eigenvalue weighted by atomic mass is 10.1. The topological polar surface area (TPSA) is 21.3 Å². The van der Waals surface area contributed by atoms with Crippen LogP contribution in [0.1, 0.15) is 11.1 Å². The third-order valence-electron chi connectivity index (χ3n) is 1.88. The summed E-state index contributed by atoms with van der Waals surface area (Å²) >= 11 is 1.78. The number of aryl methyl sites for hydroxylation is 1. The Labute approximate surface area is 83.6 Å². The van der Waals surface area contributed by atoms with Gasteiger partial charge in [0.2, 0.25) is 0 Å². The second-order valence-corrected chi connectivity index (χ2v) is 3.68. The third kappa shape index (κ3) is 3.03. The Morgan fingerprint density at radius 3 is 2.77 bits per heavy atom. The molecule has 0 atom stereocenters. The molecule has 3 heteroatoms. The summed E-state index contributed by atoms with van der Waals surface area (Å²) in [6.07, 6.45) is 2.09. The minimum Gasteiger partial charge on any atom is -0.305 e. The van der Waals surface area contributed by atoms with Crippen LogP contribution in [0.3, 0.4) is 0 Å². The Balaban J connectivity index is 2.71. The number of nitrogens with one attached hydrogen (secondary N) is 1. The largest absolute Gasteiger partial charge is 0.305 e. The van der Waals surface area contributed by atoms with E-state index in [0.29, 0.717) is 0 Å². The van der Waals surface area contributed by atoms with Crippen molar-refractivity contribution in [2.45, 2.75) is 18.4 Å². The summed E-state index contributed by atoms with van der Waals surface area (Å²) in [4.78, 5) is 6.12. The minimum atomic E-state index is 0.756. The number of benzene rings is 1. The number of hydroxylamine groups is 1. The first-order chi connectivity index (χ1) is 6.27. The molecule has 0 amide bonds.